The molecule has 6 nitrogen and oxygen atoms in total. The van der Waals surface area contributed by atoms with Crippen LogP contribution >= 0.6 is 27.5 Å². The van der Waals surface area contributed by atoms with Crippen LogP contribution in [-0.2, 0) is 22.4 Å². The van der Waals surface area contributed by atoms with Gasteiger partial charge in [-0.3, -0.25) is 4.90 Å². The number of carbonyl (C=O) groups excluding carboxylic acids is 1. The van der Waals surface area contributed by atoms with E-state index in [0.29, 0.717) is 31.9 Å². The molecular formula is C28H34BrClN2O4. The lowest BCUT2D eigenvalue weighted by atomic mass is 10.1. The maximum Gasteiger partial charge on any atom is 0.355 e. The first-order valence-electron chi connectivity index (χ1n) is 12.6. The largest absolute Gasteiger partial charge is 0.494 e. The molecule has 0 spiro atoms. The predicted octanol–water partition coefficient (Wildman–Crippen LogP) is 6.19. The summed E-state index contributed by atoms with van der Waals surface area (Å²) in [6.07, 6.45) is 1.47. The molecule has 4 rings (SSSR count). The highest BCUT2D eigenvalue weighted by Gasteiger charge is 2.25. The minimum absolute atomic E-state index is 0.276. The van der Waals surface area contributed by atoms with E-state index in [1.807, 2.05) is 45.0 Å². The van der Waals surface area contributed by atoms with Gasteiger partial charge in [0.25, 0.3) is 0 Å². The second-order valence-electron chi connectivity index (χ2n) is 9.11. The van der Waals surface area contributed by atoms with Crippen molar-refractivity contribution in [2.75, 3.05) is 46.1 Å². The van der Waals surface area contributed by atoms with Crippen molar-refractivity contribution in [3.05, 3.63) is 62.2 Å². The quantitative estimate of drug-likeness (QED) is 0.212. The summed E-state index contributed by atoms with van der Waals surface area (Å²) in [6, 6.07) is 10.1. The zero-order valence-electron chi connectivity index (χ0n) is 21.2. The van der Waals surface area contributed by atoms with Gasteiger partial charge < -0.3 is 18.8 Å². The molecule has 2 heterocycles. The van der Waals surface area contributed by atoms with E-state index >= 15 is 0 Å². The molecular weight excluding hydrogens is 544 g/mol. The highest BCUT2D eigenvalue weighted by molar-refractivity contribution is 9.10. The Labute approximate surface area is 226 Å². The molecule has 1 fully saturated rings. The molecule has 0 saturated carbocycles. The lowest BCUT2D eigenvalue weighted by molar-refractivity contribution is 0.0359. The van der Waals surface area contributed by atoms with Gasteiger partial charge in [-0.2, -0.15) is 0 Å². The minimum atomic E-state index is -0.276. The van der Waals surface area contributed by atoms with Crippen LogP contribution in [0.5, 0.6) is 5.75 Å². The first-order chi connectivity index (χ1) is 17.4. The minimum Gasteiger partial charge on any atom is -0.494 e. The highest BCUT2D eigenvalue weighted by atomic mass is 79.9. The third kappa shape index (κ3) is 6.08. The molecule has 0 unspecified atom stereocenters. The van der Waals surface area contributed by atoms with Gasteiger partial charge in [-0.15, -0.1) is 0 Å². The molecule has 0 bridgehead atoms. The number of esters is 1. The number of benzene rings is 2. The molecule has 1 aliphatic heterocycles. The second kappa shape index (κ2) is 12.5. The lowest BCUT2D eigenvalue weighted by Gasteiger charge is -2.27. The number of aromatic nitrogens is 1. The number of carbonyl (C=O) groups is 1. The Morgan fingerprint density at radius 1 is 1.14 bits per heavy atom. The molecule has 36 heavy (non-hydrogen) atoms. The number of nitrogens with zero attached hydrogens (tertiary/aromatic N) is 2. The fourth-order valence-corrected chi connectivity index (χ4v) is 5.53. The van der Waals surface area contributed by atoms with E-state index < -0.39 is 0 Å². The normalized spacial score (nSPS) is 14.4. The number of aryl methyl sites for hydroxylation is 3. The summed E-state index contributed by atoms with van der Waals surface area (Å²) in [5.74, 6) is 0.540. The van der Waals surface area contributed by atoms with Crippen LogP contribution in [0.2, 0.25) is 5.02 Å². The number of morpholine rings is 1. The molecule has 0 atom stereocenters. The number of hydrogen-bond acceptors (Lipinski definition) is 5. The summed E-state index contributed by atoms with van der Waals surface area (Å²) in [5.41, 5.74) is 4.70. The zero-order chi connectivity index (χ0) is 25.7. The molecule has 8 heteroatoms. The predicted molar refractivity (Wildman–Crippen MR) is 148 cm³/mol. The van der Waals surface area contributed by atoms with Crippen LogP contribution in [0.25, 0.3) is 10.9 Å². The lowest BCUT2D eigenvalue weighted by Crippen LogP contribution is -2.38. The number of fused-ring (bicyclic) bond motifs is 1. The van der Waals surface area contributed by atoms with Crippen molar-refractivity contribution in [1.82, 2.24) is 9.47 Å². The van der Waals surface area contributed by atoms with Crippen LogP contribution in [0.3, 0.4) is 0 Å². The van der Waals surface area contributed by atoms with Crippen LogP contribution in [0, 0.1) is 13.8 Å². The number of ether oxygens (including phenoxy) is 3. The summed E-state index contributed by atoms with van der Waals surface area (Å²) in [7, 11) is 0. The molecule has 0 N–H and O–H groups in total. The number of hydrogen-bond donors (Lipinski definition) is 0. The number of para-hydroxylation sites is 1. The maximum atomic E-state index is 13.2. The van der Waals surface area contributed by atoms with Crippen molar-refractivity contribution in [2.45, 2.75) is 40.2 Å². The summed E-state index contributed by atoms with van der Waals surface area (Å²) in [4.78, 5) is 15.6. The Bertz CT molecular complexity index is 1200. The van der Waals surface area contributed by atoms with Crippen LogP contribution in [0.15, 0.2) is 34.8 Å². The zero-order valence-corrected chi connectivity index (χ0v) is 23.6. The number of rotatable bonds is 10. The molecule has 1 aromatic heterocycles. The van der Waals surface area contributed by atoms with Crippen molar-refractivity contribution >= 4 is 44.4 Å². The molecule has 0 aliphatic carbocycles. The number of halogens is 2. The first-order valence-corrected chi connectivity index (χ1v) is 13.7. The average molecular weight is 578 g/mol. The van der Waals surface area contributed by atoms with E-state index in [4.69, 9.17) is 25.8 Å². The molecule has 3 aromatic rings. The third-order valence-electron chi connectivity index (χ3n) is 6.60. The van der Waals surface area contributed by atoms with Crippen LogP contribution in [0.1, 0.15) is 40.5 Å². The summed E-state index contributed by atoms with van der Waals surface area (Å²) >= 11 is 10.0. The van der Waals surface area contributed by atoms with Crippen molar-refractivity contribution in [1.29, 1.82) is 0 Å². The van der Waals surface area contributed by atoms with Gasteiger partial charge in [-0.05, 0) is 84.4 Å². The van der Waals surface area contributed by atoms with E-state index in [0.717, 1.165) is 82.1 Å². The summed E-state index contributed by atoms with van der Waals surface area (Å²) in [5, 5.41) is 1.85. The Hall–Kier alpha value is -2.06. The van der Waals surface area contributed by atoms with Crippen LogP contribution < -0.4 is 4.74 Å². The first kappa shape index (κ1) is 27.0. The fourth-order valence-electron chi connectivity index (χ4n) is 4.84. The van der Waals surface area contributed by atoms with Crippen molar-refractivity contribution in [3.8, 4) is 5.75 Å². The molecule has 1 aliphatic rings. The Morgan fingerprint density at radius 2 is 1.86 bits per heavy atom. The van der Waals surface area contributed by atoms with Gasteiger partial charge >= 0.3 is 5.97 Å². The Morgan fingerprint density at radius 3 is 2.56 bits per heavy atom. The van der Waals surface area contributed by atoms with Gasteiger partial charge in [0, 0.05) is 41.1 Å². The molecule has 2 aromatic carbocycles. The monoisotopic (exact) mass is 576 g/mol. The molecule has 0 amide bonds. The maximum absolute atomic E-state index is 13.2. The topological polar surface area (TPSA) is 52.9 Å². The Balaban J connectivity index is 1.59. The average Bonchev–Trinajstić information content (AvgIpc) is 3.19. The molecule has 194 valence electrons. The molecule has 0 radical (unpaired) electrons. The SMILES string of the molecule is CCOC(=O)c1c(CCCOc2cc(C)c(Cl)c(C)c2)c2cccc(Br)c2n1CCN1CCOCC1. The fraction of sp³-hybridized carbons (Fsp3) is 0.464. The standard InChI is InChI=1S/C28H34BrClN2O4/c1-4-35-28(33)27-23(8-6-14-36-21-17-19(2)25(30)20(3)18-21)22-7-5-9-24(29)26(22)32(27)11-10-31-12-15-34-16-13-31/h5,7,9,17-18H,4,6,8,10-16H2,1-3H3. The smallest absolute Gasteiger partial charge is 0.355 e. The van der Waals surface area contributed by atoms with Crippen molar-refractivity contribution in [2.24, 2.45) is 0 Å². The van der Waals surface area contributed by atoms with Gasteiger partial charge in [0.1, 0.15) is 11.4 Å². The molecule has 1 saturated heterocycles. The van der Waals surface area contributed by atoms with Gasteiger partial charge in [0.2, 0.25) is 0 Å². The summed E-state index contributed by atoms with van der Waals surface area (Å²) < 4.78 is 20.2. The summed E-state index contributed by atoms with van der Waals surface area (Å²) in [6.45, 7) is 11.5. The third-order valence-corrected chi connectivity index (χ3v) is 7.84. The van der Waals surface area contributed by atoms with Crippen molar-refractivity contribution in [3.63, 3.8) is 0 Å². The van der Waals surface area contributed by atoms with Crippen LogP contribution in [0.4, 0.5) is 0 Å². The van der Waals surface area contributed by atoms with E-state index in [9.17, 15) is 4.79 Å². The van der Waals surface area contributed by atoms with Crippen LogP contribution in [-0.4, -0.2) is 61.5 Å². The second-order valence-corrected chi connectivity index (χ2v) is 10.3. The van der Waals surface area contributed by atoms with Gasteiger partial charge in [0.15, 0.2) is 0 Å². The van der Waals surface area contributed by atoms with Gasteiger partial charge in [-0.25, -0.2) is 4.79 Å². The van der Waals surface area contributed by atoms with Gasteiger partial charge in [-0.1, -0.05) is 23.7 Å². The highest BCUT2D eigenvalue weighted by Crippen LogP contribution is 2.33. The van der Waals surface area contributed by atoms with E-state index in [1.165, 1.54) is 0 Å². The van der Waals surface area contributed by atoms with E-state index in [2.05, 4.69) is 31.5 Å². The van der Waals surface area contributed by atoms with Crippen molar-refractivity contribution < 1.29 is 19.0 Å². The van der Waals surface area contributed by atoms with Gasteiger partial charge in [0.05, 0.1) is 31.9 Å². The van der Waals surface area contributed by atoms with E-state index in [-0.39, 0.29) is 5.97 Å². The van der Waals surface area contributed by atoms with E-state index in [1.54, 1.807) is 0 Å². The Kier molecular flexibility index (Phi) is 9.34.